The van der Waals surface area contributed by atoms with Crippen molar-refractivity contribution >= 4 is 11.8 Å². The van der Waals surface area contributed by atoms with E-state index in [1.54, 1.807) is 20.0 Å². The van der Waals surface area contributed by atoms with E-state index in [0.717, 1.165) is 25.7 Å². The summed E-state index contributed by atoms with van der Waals surface area (Å²) in [6.07, 6.45) is 4.12. The molecule has 1 aliphatic rings. The van der Waals surface area contributed by atoms with Gasteiger partial charge in [-0.15, -0.1) is 0 Å². The highest BCUT2D eigenvalue weighted by Gasteiger charge is 2.23. The van der Waals surface area contributed by atoms with E-state index in [4.69, 9.17) is 0 Å². The summed E-state index contributed by atoms with van der Waals surface area (Å²) < 4.78 is 26.4. The van der Waals surface area contributed by atoms with E-state index < -0.39 is 0 Å². The van der Waals surface area contributed by atoms with Crippen molar-refractivity contribution in [3.8, 4) is 0 Å². The number of anilines is 1. The Morgan fingerprint density at radius 1 is 1.04 bits per heavy atom. The number of nitrogens with one attached hydrogen (secondary N) is 2. The molecule has 1 saturated carbocycles. The number of nitrogens with zero attached hydrogens (tertiary/aromatic N) is 2. The van der Waals surface area contributed by atoms with Gasteiger partial charge < -0.3 is 10.6 Å². The van der Waals surface area contributed by atoms with Crippen molar-refractivity contribution in [3.63, 3.8) is 0 Å². The van der Waals surface area contributed by atoms with Gasteiger partial charge in [0.15, 0.2) is 5.96 Å². The lowest BCUT2D eigenvalue weighted by Crippen LogP contribution is -2.41. The number of rotatable bonds is 3. The van der Waals surface area contributed by atoms with Crippen LogP contribution in [-0.2, 0) is 0 Å². The Hall–Kier alpha value is -2.50. The number of aryl methyl sites for hydroxylation is 1. The molecule has 0 aliphatic heterocycles. The summed E-state index contributed by atoms with van der Waals surface area (Å²) in [5.74, 6) is 1.16. The molecule has 0 bridgehead atoms. The van der Waals surface area contributed by atoms with E-state index in [9.17, 15) is 8.78 Å². The summed E-state index contributed by atoms with van der Waals surface area (Å²) in [5.41, 5.74) is 1.56. The topological polar surface area (TPSA) is 49.3 Å². The summed E-state index contributed by atoms with van der Waals surface area (Å²) in [7, 11) is 1.70. The van der Waals surface area contributed by atoms with Crippen LogP contribution in [0.1, 0.15) is 42.9 Å². The fraction of sp³-hybridized carbons (Fsp3) is 0.400. The van der Waals surface area contributed by atoms with E-state index in [2.05, 4.69) is 20.6 Å². The van der Waals surface area contributed by atoms with Gasteiger partial charge in [-0.3, -0.25) is 4.99 Å². The Bertz CT molecular complexity index is 766. The number of aromatic nitrogens is 1. The van der Waals surface area contributed by atoms with Crippen molar-refractivity contribution in [1.29, 1.82) is 0 Å². The zero-order chi connectivity index (χ0) is 18.5. The standard InChI is InChI=1S/C20H24F2N4/c1-13-18(22)11-12-19(24-13)26-20(23-2)25-17-9-5-15(6-10-17)14-3-7-16(21)8-4-14/h3-4,7-8,11-12,15,17H,5-6,9-10H2,1-2H3,(H2,23,24,25,26). The molecule has 26 heavy (non-hydrogen) atoms. The zero-order valence-electron chi connectivity index (χ0n) is 15.1. The SMILES string of the molecule is CN=C(Nc1ccc(F)c(C)n1)NC1CCC(c2ccc(F)cc2)CC1. The molecule has 0 amide bonds. The zero-order valence-corrected chi connectivity index (χ0v) is 15.1. The van der Waals surface area contributed by atoms with Gasteiger partial charge in [-0.1, -0.05) is 12.1 Å². The Morgan fingerprint density at radius 2 is 1.73 bits per heavy atom. The molecule has 0 radical (unpaired) electrons. The molecule has 0 unspecified atom stereocenters. The lowest BCUT2D eigenvalue weighted by atomic mass is 9.82. The number of pyridine rings is 1. The van der Waals surface area contributed by atoms with Crippen LogP contribution in [0.5, 0.6) is 0 Å². The third-order valence-electron chi connectivity index (χ3n) is 4.90. The van der Waals surface area contributed by atoms with Gasteiger partial charge >= 0.3 is 0 Å². The first-order valence-electron chi connectivity index (χ1n) is 8.94. The minimum Gasteiger partial charge on any atom is -0.353 e. The van der Waals surface area contributed by atoms with Crippen LogP contribution in [0.4, 0.5) is 14.6 Å². The number of hydrogen-bond acceptors (Lipinski definition) is 2. The minimum absolute atomic E-state index is 0.191. The number of hydrogen-bond donors (Lipinski definition) is 2. The van der Waals surface area contributed by atoms with Crippen molar-refractivity contribution in [1.82, 2.24) is 10.3 Å². The van der Waals surface area contributed by atoms with Gasteiger partial charge in [0.05, 0.1) is 5.69 Å². The molecule has 2 N–H and O–H groups in total. The number of benzene rings is 1. The maximum atomic E-state index is 13.3. The molecule has 1 aromatic heterocycles. The second-order valence-electron chi connectivity index (χ2n) is 6.71. The molecule has 6 heteroatoms. The van der Waals surface area contributed by atoms with Crippen LogP contribution in [0.3, 0.4) is 0 Å². The van der Waals surface area contributed by atoms with Crippen molar-refractivity contribution in [2.75, 3.05) is 12.4 Å². The number of halogens is 2. The highest BCUT2D eigenvalue weighted by Crippen LogP contribution is 2.32. The fourth-order valence-electron chi connectivity index (χ4n) is 3.39. The van der Waals surface area contributed by atoms with Crippen LogP contribution in [0.2, 0.25) is 0 Å². The predicted molar refractivity (Wildman–Crippen MR) is 100 cm³/mol. The van der Waals surface area contributed by atoms with Gasteiger partial charge in [0.25, 0.3) is 0 Å². The van der Waals surface area contributed by atoms with E-state index in [0.29, 0.717) is 29.4 Å². The van der Waals surface area contributed by atoms with Crippen LogP contribution in [-0.4, -0.2) is 24.0 Å². The molecule has 1 aromatic carbocycles. The maximum Gasteiger partial charge on any atom is 0.196 e. The Morgan fingerprint density at radius 3 is 2.35 bits per heavy atom. The first-order chi connectivity index (χ1) is 12.5. The van der Waals surface area contributed by atoms with Gasteiger partial charge in [0.2, 0.25) is 0 Å². The van der Waals surface area contributed by atoms with Crippen LogP contribution >= 0.6 is 0 Å². The average Bonchev–Trinajstić information content (AvgIpc) is 2.65. The third kappa shape index (κ3) is 4.56. The van der Waals surface area contributed by atoms with Gasteiger partial charge in [-0.25, -0.2) is 13.8 Å². The monoisotopic (exact) mass is 358 g/mol. The first-order valence-corrected chi connectivity index (χ1v) is 8.94. The molecule has 138 valence electrons. The van der Waals surface area contributed by atoms with Crippen molar-refractivity contribution in [3.05, 3.63) is 59.3 Å². The molecule has 4 nitrogen and oxygen atoms in total. The van der Waals surface area contributed by atoms with Gasteiger partial charge in [0, 0.05) is 13.1 Å². The molecule has 0 atom stereocenters. The second kappa shape index (κ2) is 8.25. The maximum absolute atomic E-state index is 13.3. The smallest absolute Gasteiger partial charge is 0.196 e. The lowest BCUT2D eigenvalue weighted by molar-refractivity contribution is 0.373. The summed E-state index contributed by atoms with van der Waals surface area (Å²) in [5, 5.41) is 6.53. The highest BCUT2D eigenvalue weighted by molar-refractivity contribution is 5.92. The summed E-state index contributed by atoms with van der Waals surface area (Å²) >= 11 is 0. The summed E-state index contributed by atoms with van der Waals surface area (Å²) in [4.78, 5) is 8.41. The number of guanidine groups is 1. The van der Waals surface area contributed by atoms with Crippen LogP contribution in [0.25, 0.3) is 0 Å². The Kier molecular flexibility index (Phi) is 5.81. The Balaban J connectivity index is 1.54. The quantitative estimate of drug-likeness (QED) is 0.632. The molecule has 1 heterocycles. The van der Waals surface area contributed by atoms with Crippen LogP contribution in [0, 0.1) is 18.6 Å². The molecule has 1 fully saturated rings. The molecule has 2 aromatic rings. The van der Waals surface area contributed by atoms with Crippen molar-refractivity contribution < 1.29 is 8.78 Å². The van der Waals surface area contributed by atoms with Gasteiger partial charge in [0.1, 0.15) is 17.5 Å². The molecule has 0 saturated heterocycles. The number of aliphatic imine (C=N–C) groups is 1. The van der Waals surface area contributed by atoms with Crippen LogP contribution < -0.4 is 10.6 Å². The molecule has 3 rings (SSSR count). The second-order valence-corrected chi connectivity index (χ2v) is 6.71. The van der Waals surface area contributed by atoms with Crippen molar-refractivity contribution in [2.45, 2.75) is 44.6 Å². The molecule has 1 aliphatic carbocycles. The van der Waals surface area contributed by atoms with Crippen molar-refractivity contribution in [2.24, 2.45) is 4.99 Å². The van der Waals surface area contributed by atoms with E-state index in [1.807, 2.05) is 12.1 Å². The van der Waals surface area contributed by atoms with Crippen LogP contribution in [0.15, 0.2) is 41.4 Å². The normalized spacial score (nSPS) is 20.7. The highest BCUT2D eigenvalue weighted by atomic mass is 19.1. The predicted octanol–water partition coefficient (Wildman–Crippen LogP) is 4.38. The van der Waals surface area contributed by atoms with E-state index in [1.165, 1.54) is 23.8 Å². The molecule has 0 spiro atoms. The van der Waals surface area contributed by atoms with E-state index in [-0.39, 0.29) is 11.6 Å². The minimum atomic E-state index is -0.322. The largest absolute Gasteiger partial charge is 0.353 e. The molecular formula is C20H24F2N4. The van der Waals surface area contributed by atoms with Gasteiger partial charge in [-0.2, -0.15) is 0 Å². The molecular weight excluding hydrogens is 334 g/mol. The first kappa shape index (κ1) is 18.3. The Labute approximate surface area is 152 Å². The van der Waals surface area contributed by atoms with Gasteiger partial charge in [-0.05, 0) is 68.4 Å². The third-order valence-corrected chi connectivity index (χ3v) is 4.90. The summed E-state index contributed by atoms with van der Waals surface area (Å²) in [6.45, 7) is 1.63. The lowest BCUT2D eigenvalue weighted by Gasteiger charge is -2.30. The van der Waals surface area contributed by atoms with E-state index >= 15 is 0 Å². The average molecular weight is 358 g/mol. The summed E-state index contributed by atoms with van der Waals surface area (Å²) in [6, 6.07) is 10.1. The fourth-order valence-corrected chi connectivity index (χ4v) is 3.39.